The van der Waals surface area contributed by atoms with Crippen LogP contribution in [0.4, 0.5) is 0 Å². The molecule has 0 aliphatic heterocycles. The normalized spacial score (nSPS) is 10.9. The fourth-order valence-electron chi connectivity index (χ4n) is 3.90. The molecule has 176 valence electrons. The highest BCUT2D eigenvalue weighted by atomic mass is 16.5. The number of nitrogens with zero attached hydrogens (tertiary/aromatic N) is 4. The van der Waals surface area contributed by atoms with Gasteiger partial charge in [0.05, 0.1) is 22.6 Å². The summed E-state index contributed by atoms with van der Waals surface area (Å²) in [6.07, 6.45) is 1.65. The molecule has 2 aromatic carbocycles. The lowest BCUT2D eigenvalue weighted by molar-refractivity contribution is 0.0793. The fraction of sp³-hybridized carbons (Fsp3) is 0.296. The van der Waals surface area contributed by atoms with Gasteiger partial charge in [-0.25, -0.2) is 0 Å². The lowest BCUT2D eigenvalue weighted by Gasteiger charge is -2.17. The minimum atomic E-state index is -0.0109. The summed E-state index contributed by atoms with van der Waals surface area (Å²) in [6, 6.07) is 19.6. The predicted octanol–water partition coefficient (Wildman–Crippen LogP) is 4.98. The van der Waals surface area contributed by atoms with Crippen molar-refractivity contribution in [1.82, 2.24) is 19.8 Å². The summed E-state index contributed by atoms with van der Waals surface area (Å²) in [5.74, 6) is 1.44. The maximum atomic E-state index is 12.8. The zero-order chi connectivity index (χ0) is 24.1. The Bertz CT molecular complexity index is 1220. The van der Waals surface area contributed by atoms with Crippen LogP contribution in [0, 0.1) is 13.8 Å². The molecule has 0 N–H and O–H groups in total. The van der Waals surface area contributed by atoms with Crippen LogP contribution in [0.3, 0.4) is 0 Å². The van der Waals surface area contributed by atoms with Crippen molar-refractivity contribution in [3.05, 3.63) is 88.9 Å². The average molecular weight is 459 g/mol. The third-order valence-corrected chi connectivity index (χ3v) is 5.94. The predicted molar refractivity (Wildman–Crippen MR) is 131 cm³/mol. The van der Waals surface area contributed by atoms with E-state index in [0.29, 0.717) is 24.5 Å². The Hall–Kier alpha value is -3.87. The number of carbonyl (C=O) groups is 1. The first-order valence-electron chi connectivity index (χ1n) is 11.4. The van der Waals surface area contributed by atoms with Crippen LogP contribution in [0.2, 0.25) is 0 Å². The van der Waals surface area contributed by atoms with Gasteiger partial charge >= 0.3 is 0 Å². The Kier molecular flexibility index (Phi) is 7.11. The molecule has 0 aliphatic rings. The van der Waals surface area contributed by atoms with Crippen molar-refractivity contribution in [3.8, 4) is 17.0 Å². The second-order valence-corrected chi connectivity index (χ2v) is 8.46. The van der Waals surface area contributed by atoms with E-state index in [1.54, 1.807) is 17.0 Å². The monoisotopic (exact) mass is 458 g/mol. The molecule has 7 nitrogen and oxygen atoms in total. The average Bonchev–Trinajstić information content (AvgIpc) is 3.38. The number of amides is 1. The highest BCUT2D eigenvalue weighted by Gasteiger charge is 2.14. The molecular weight excluding hydrogens is 428 g/mol. The van der Waals surface area contributed by atoms with Gasteiger partial charge in [0.1, 0.15) is 18.1 Å². The molecule has 0 spiro atoms. The number of aryl methyl sites for hydroxylation is 4. The molecule has 0 atom stereocenters. The van der Waals surface area contributed by atoms with E-state index in [0.717, 1.165) is 46.8 Å². The van der Waals surface area contributed by atoms with Crippen LogP contribution in [0.25, 0.3) is 11.3 Å². The first kappa shape index (κ1) is 23.3. The summed E-state index contributed by atoms with van der Waals surface area (Å²) in [6.45, 7) is 4.80. The number of hydrogen-bond acceptors (Lipinski definition) is 5. The number of benzene rings is 2. The zero-order valence-corrected chi connectivity index (χ0v) is 20.1. The van der Waals surface area contributed by atoms with Crippen LogP contribution >= 0.6 is 0 Å². The summed E-state index contributed by atoms with van der Waals surface area (Å²) in [5.41, 5.74) is 5.68. The molecule has 0 radical (unpaired) electrons. The van der Waals surface area contributed by atoms with Crippen LogP contribution in [-0.2, 0) is 20.1 Å². The second-order valence-electron chi connectivity index (χ2n) is 8.46. The number of carbonyl (C=O) groups excluding carboxylic acids is 1. The molecule has 0 saturated heterocycles. The number of hydrogen-bond donors (Lipinski definition) is 0. The molecule has 0 aliphatic carbocycles. The van der Waals surface area contributed by atoms with Crippen molar-refractivity contribution in [3.63, 3.8) is 0 Å². The highest BCUT2D eigenvalue weighted by Crippen LogP contribution is 2.21. The number of ether oxygens (including phenoxy) is 1. The molecule has 0 bridgehead atoms. The van der Waals surface area contributed by atoms with E-state index >= 15 is 0 Å². The largest absolute Gasteiger partial charge is 0.489 e. The molecule has 4 rings (SSSR count). The molecule has 4 aromatic rings. The summed E-state index contributed by atoms with van der Waals surface area (Å²) < 4.78 is 12.9. The van der Waals surface area contributed by atoms with E-state index in [1.807, 2.05) is 63.0 Å². The van der Waals surface area contributed by atoms with Crippen LogP contribution in [0.1, 0.15) is 39.5 Å². The number of rotatable bonds is 9. The molecule has 2 aromatic heterocycles. The Labute approximate surface area is 199 Å². The third kappa shape index (κ3) is 5.36. The smallest absolute Gasteiger partial charge is 0.253 e. The quantitative estimate of drug-likeness (QED) is 0.354. The van der Waals surface area contributed by atoms with Gasteiger partial charge in [0.25, 0.3) is 5.91 Å². The van der Waals surface area contributed by atoms with Gasteiger partial charge < -0.3 is 14.2 Å². The molecular formula is C27H30N4O3. The molecule has 0 saturated carbocycles. The van der Waals surface area contributed by atoms with Gasteiger partial charge in [0, 0.05) is 26.2 Å². The van der Waals surface area contributed by atoms with Crippen molar-refractivity contribution in [2.24, 2.45) is 7.05 Å². The Morgan fingerprint density at radius 3 is 2.50 bits per heavy atom. The summed E-state index contributed by atoms with van der Waals surface area (Å²) in [7, 11) is 3.79. The van der Waals surface area contributed by atoms with Gasteiger partial charge in [-0.15, -0.1) is 0 Å². The van der Waals surface area contributed by atoms with Gasteiger partial charge in [-0.1, -0.05) is 35.5 Å². The molecule has 34 heavy (non-hydrogen) atoms. The Morgan fingerprint density at radius 2 is 1.82 bits per heavy atom. The maximum Gasteiger partial charge on any atom is 0.253 e. The van der Waals surface area contributed by atoms with E-state index in [2.05, 4.69) is 28.5 Å². The van der Waals surface area contributed by atoms with Gasteiger partial charge in [-0.2, -0.15) is 5.10 Å². The van der Waals surface area contributed by atoms with E-state index in [1.165, 1.54) is 0 Å². The molecule has 2 heterocycles. The van der Waals surface area contributed by atoms with Crippen molar-refractivity contribution in [1.29, 1.82) is 0 Å². The Morgan fingerprint density at radius 1 is 1.09 bits per heavy atom. The van der Waals surface area contributed by atoms with E-state index < -0.39 is 0 Å². The van der Waals surface area contributed by atoms with Gasteiger partial charge in [0.15, 0.2) is 0 Å². The van der Waals surface area contributed by atoms with Crippen molar-refractivity contribution >= 4 is 5.91 Å². The van der Waals surface area contributed by atoms with E-state index in [4.69, 9.17) is 9.26 Å². The first-order chi connectivity index (χ1) is 16.4. The minimum Gasteiger partial charge on any atom is -0.489 e. The van der Waals surface area contributed by atoms with Crippen LogP contribution in [0.15, 0.2) is 65.2 Å². The standard InChI is InChI=1S/C27H30N4O3/c1-19-25(20(2)34-29-19)18-33-24-14-12-22(13-15-24)27(32)30(3)16-8-11-23-17-26(31(4)28-23)21-9-6-5-7-10-21/h5-7,9-10,12-15,17H,8,11,16,18H2,1-4H3. The zero-order valence-electron chi connectivity index (χ0n) is 20.1. The van der Waals surface area contributed by atoms with E-state index in [-0.39, 0.29) is 5.91 Å². The van der Waals surface area contributed by atoms with Crippen molar-refractivity contribution < 1.29 is 14.1 Å². The summed E-state index contributed by atoms with van der Waals surface area (Å²) in [4.78, 5) is 14.6. The lowest BCUT2D eigenvalue weighted by Crippen LogP contribution is -2.28. The first-order valence-corrected chi connectivity index (χ1v) is 11.4. The van der Waals surface area contributed by atoms with Gasteiger partial charge in [-0.3, -0.25) is 9.48 Å². The van der Waals surface area contributed by atoms with E-state index in [9.17, 15) is 4.79 Å². The van der Waals surface area contributed by atoms with Crippen LogP contribution in [-0.4, -0.2) is 39.3 Å². The summed E-state index contributed by atoms with van der Waals surface area (Å²) >= 11 is 0. The molecule has 7 heteroatoms. The van der Waals surface area contributed by atoms with Crippen LogP contribution < -0.4 is 4.74 Å². The molecule has 0 fully saturated rings. The number of aromatic nitrogens is 3. The van der Waals surface area contributed by atoms with Crippen molar-refractivity contribution in [2.45, 2.75) is 33.3 Å². The minimum absolute atomic E-state index is 0.0109. The fourth-order valence-corrected chi connectivity index (χ4v) is 3.90. The van der Waals surface area contributed by atoms with Gasteiger partial charge in [0.2, 0.25) is 0 Å². The molecule has 0 unspecified atom stereocenters. The maximum absolute atomic E-state index is 12.8. The highest BCUT2D eigenvalue weighted by molar-refractivity contribution is 5.94. The molecule has 1 amide bonds. The Balaban J connectivity index is 1.27. The van der Waals surface area contributed by atoms with Crippen LogP contribution in [0.5, 0.6) is 5.75 Å². The second kappa shape index (κ2) is 10.4. The van der Waals surface area contributed by atoms with Crippen molar-refractivity contribution in [2.75, 3.05) is 13.6 Å². The SMILES string of the molecule is Cc1noc(C)c1COc1ccc(C(=O)N(C)CCCc2cc(-c3ccccc3)n(C)n2)cc1. The summed E-state index contributed by atoms with van der Waals surface area (Å²) in [5, 5.41) is 8.57. The lowest BCUT2D eigenvalue weighted by atomic mass is 10.1. The van der Waals surface area contributed by atoms with Gasteiger partial charge in [-0.05, 0) is 62.6 Å². The topological polar surface area (TPSA) is 73.4 Å². The third-order valence-electron chi connectivity index (χ3n) is 5.94.